The maximum absolute atomic E-state index is 14.6. The number of hydrogen-bond acceptors (Lipinski definition) is 3. The molecule has 4 aromatic rings. The number of hydrogen-bond donors (Lipinski definition) is 1. The Balaban J connectivity index is 1.65. The summed E-state index contributed by atoms with van der Waals surface area (Å²) in [4.78, 5) is 3.55. The fourth-order valence-electron chi connectivity index (χ4n) is 4.64. The summed E-state index contributed by atoms with van der Waals surface area (Å²) in [7, 11) is -4.68. The van der Waals surface area contributed by atoms with Gasteiger partial charge in [-0.15, -0.1) is 4.40 Å². The molecule has 0 fully saturated rings. The van der Waals surface area contributed by atoms with Crippen LogP contribution in [-0.4, -0.2) is 37.5 Å². The van der Waals surface area contributed by atoms with Crippen molar-refractivity contribution in [2.75, 3.05) is 6.54 Å². The summed E-state index contributed by atoms with van der Waals surface area (Å²) in [6.07, 6.45) is -4.27. The zero-order valence-electron chi connectivity index (χ0n) is 23.1. The Morgan fingerprint density at radius 1 is 0.933 bits per heavy atom. The lowest BCUT2D eigenvalue weighted by Gasteiger charge is -2.30. The third-order valence-corrected chi connectivity index (χ3v) is 8.67. The summed E-state index contributed by atoms with van der Waals surface area (Å²) in [6, 6.07) is 22.1. The number of halogens is 6. The Morgan fingerprint density at radius 3 is 2.22 bits per heavy atom. The van der Waals surface area contributed by atoms with Crippen LogP contribution in [0, 0.1) is 11.6 Å². The molecule has 45 heavy (non-hydrogen) atoms. The maximum Gasteiger partial charge on any atom is 0.416 e. The molecule has 0 saturated carbocycles. The second-order valence-electron chi connectivity index (χ2n) is 9.88. The van der Waals surface area contributed by atoms with Crippen molar-refractivity contribution in [1.82, 2.24) is 5.01 Å². The molecule has 0 radical (unpaired) electrons. The fourth-order valence-corrected chi connectivity index (χ4v) is 5.84. The van der Waals surface area contributed by atoms with Gasteiger partial charge in [-0.25, -0.2) is 13.8 Å². The second kappa shape index (κ2) is 12.9. The molecule has 0 saturated heterocycles. The SMILES string of the molecule is NC(=NC(=NS(=O)(=O)c1ccc(C(F)(F)F)cc1)N1CCC(c2ccccc2)C(c2ccc(Br)cc2)=N1)c1ccc(F)cc1F. The van der Waals surface area contributed by atoms with Crippen LogP contribution in [0.5, 0.6) is 0 Å². The van der Waals surface area contributed by atoms with Gasteiger partial charge in [0.25, 0.3) is 16.0 Å². The van der Waals surface area contributed by atoms with Gasteiger partial charge in [0.2, 0.25) is 0 Å². The monoisotopic (exact) mass is 703 g/mol. The molecule has 14 heteroatoms. The molecule has 232 valence electrons. The third-order valence-electron chi connectivity index (χ3n) is 6.87. The number of sulfonamides is 1. The molecule has 1 unspecified atom stereocenters. The summed E-state index contributed by atoms with van der Waals surface area (Å²) in [5.74, 6) is -3.23. The average Bonchev–Trinajstić information content (AvgIpc) is 3.01. The Bertz CT molecular complexity index is 1900. The summed E-state index contributed by atoms with van der Waals surface area (Å²) < 4.78 is 98.8. The summed E-state index contributed by atoms with van der Waals surface area (Å²) >= 11 is 3.41. The van der Waals surface area contributed by atoms with Gasteiger partial charge in [0.1, 0.15) is 17.5 Å². The number of aliphatic imine (C=N–C) groups is 1. The molecule has 4 aromatic carbocycles. The van der Waals surface area contributed by atoms with Crippen LogP contribution in [0.25, 0.3) is 0 Å². The van der Waals surface area contributed by atoms with E-state index in [0.717, 1.165) is 34.3 Å². The maximum atomic E-state index is 14.6. The van der Waals surface area contributed by atoms with Crippen LogP contribution in [0.2, 0.25) is 0 Å². The summed E-state index contributed by atoms with van der Waals surface area (Å²) in [5, 5.41) is 5.91. The lowest BCUT2D eigenvalue weighted by Crippen LogP contribution is -2.36. The van der Waals surface area contributed by atoms with Gasteiger partial charge in [-0.3, -0.25) is 0 Å². The molecule has 0 aromatic heterocycles. The molecule has 0 spiro atoms. The minimum Gasteiger partial charge on any atom is -0.383 e. The number of guanidine groups is 1. The fraction of sp³-hybridized carbons (Fsp3) is 0.129. The average molecular weight is 705 g/mol. The highest BCUT2D eigenvalue weighted by Gasteiger charge is 2.32. The van der Waals surface area contributed by atoms with Gasteiger partial charge in [-0.2, -0.15) is 31.7 Å². The molecule has 7 nitrogen and oxygen atoms in total. The zero-order chi connectivity index (χ0) is 32.4. The van der Waals surface area contributed by atoms with E-state index in [4.69, 9.17) is 10.8 Å². The van der Waals surface area contributed by atoms with Gasteiger partial charge in [0.15, 0.2) is 0 Å². The van der Waals surface area contributed by atoms with E-state index in [-0.39, 0.29) is 18.0 Å². The number of rotatable bonds is 5. The van der Waals surface area contributed by atoms with Crippen molar-refractivity contribution in [3.8, 4) is 0 Å². The largest absolute Gasteiger partial charge is 0.416 e. The van der Waals surface area contributed by atoms with Crippen LogP contribution in [0.15, 0.2) is 121 Å². The van der Waals surface area contributed by atoms with E-state index in [9.17, 15) is 30.4 Å². The zero-order valence-corrected chi connectivity index (χ0v) is 25.5. The third kappa shape index (κ3) is 7.45. The first-order valence-electron chi connectivity index (χ1n) is 13.3. The van der Waals surface area contributed by atoms with E-state index in [2.05, 4.69) is 25.3 Å². The van der Waals surface area contributed by atoms with Crippen molar-refractivity contribution in [1.29, 1.82) is 0 Å². The second-order valence-corrected chi connectivity index (χ2v) is 12.4. The molecule has 1 atom stereocenters. The minimum absolute atomic E-state index is 0.0869. The molecular formula is C31H23BrF5N5O2S. The number of nitrogens with zero attached hydrogens (tertiary/aromatic N) is 4. The summed E-state index contributed by atoms with van der Waals surface area (Å²) in [5.41, 5.74) is 6.89. The normalized spacial score (nSPS) is 16.4. The van der Waals surface area contributed by atoms with E-state index in [1.165, 1.54) is 5.01 Å². The van der Waals surface area contributed by atoms with E-state index < -0.39 is 50.1 Å². The van der Waals surface area contributed by atoms with Gasteiger partial charge < -0.3 is 5.73 Å². The van der Waals surface area contributed by atoms with E-state index >= 15 is 0 Å². The van der Waals surface area contributed by atoms with Crippen molar-refractivity contribution < 1.29 is 30.4 Å². The van der Waals surface area contributed by atoms with Crippen LogP contribution in [0.3, 0.4) is 0 Å². The van der Waals surface area contributed by atoms with E-state index in [0.29, 0.717) is 35.9 Å². The lowest BCUT2D eigenvalue weighted by atomic mass is 9.86. The smallest absolute Gasteiger partial charge is 0.383 e. The van der Waals surface area contributed by atoms with Crippen LogP contribution in [-0.2, 0) is 16.2 Å². The quantitative estimate of drug-likeness (QED) is 0.136. The molecule has 0 bridgehead atoms. The van der Waals surface area contributed by atoms with Gasteiger partial charge in [0.05, 0.1) is 21.7 Å². The Hall–Kier alpha value is -4.43. The molecule has 0 aliphatic carbocycles. The van der Waals surface area contributed by atoms with Crippen molar-refractivity contribution in [2.24, 2.45) is 20.2 Å². The first-order chi connectivity index (χ1) is 21.3. The van der Waals surface area contributed by atoms with Crippen molar-refractivity contribution in [2.45, 2.75) is 23.4 Å². The predicted octanol–water partition coefficient (Wildman–Crippen LogP) is 7.09. The van der Waals surface area contributed by atoms with Gasteiger partial charge >= 0.3 is 6.18 Å². The van der Waals surface area contributed by atoms with Gasteiger partial charge in [-0.05, 0) is 66.1 Å². The number of amidine groups is 1. The first-order valence-corrected chi connectivity index (χ1v) is 15.5. The topological polar surface area (TPSA) is 100 Å². The Labute approximate surface area is 263 Å². The van der Waals surface area contributed by atoms with Crippen LogP contribution in [0.4, 0.5) is 22.0 Å². The van der Waals surface area contributed by atoms with Crippen LogP contribution >= 0.6 is 15.9 Å². The van der Waals surface area contributed by atoms with Crippen molar-refractivity contribution >= 4 is 43.5 Å². The Morgan fingerprint density at radius 2 is 1.60 bits per heavy atom. The number of nitrogens with two attached hydrogens (primary N) is 1. The highest BCUT2D eigenvalue weighted by molar-refractivity contribution is 9.10. The van der Waals surface area contributed by atoms with Crippen molar-refractivity contribution in [3.05, 3.63) is 135 Å². The minimum atomic E-state index is -4.68. The highest BCUT2D eigenvalue weighted by atomic mass is 79.9. The highest BCUT2D eigenvalue weighted by Crippen LogP contribution is 2.32. The molecule has 5 rings (SSSR count). The number of alkyl halides is 3. The van der Waals surface area contributed by atoms with Gasteiger partial charge in [0, 0.05) is 23.0 Å². The molecular weight excluding hydrogens is 681 g/mol. The molecule has 1 heterocycles. The standard InChI is InChI=1S/C31H23BrF5N5O2S/c32-22-10-6-20(7-11-22)28-25(19-4-2-1-3-5-19)16-17-42(40-28)30(39-29(38)26-15-12-23(33)18-27(26)34)41-45(43,44)24-13-8-21(9-14-24)31(35,36)37/h1-15,18,25H,16-17H2,(H2,38,39,41). The van der Waals surface area contributed by atoms with E-state index in [1.807, 2.05) is 54.6 Å². The van der Waals surface area contributed by atoms with E-state index in [1.54, 1.807) is 0 Å². The van der Waals surface area contributed by atoms with Crippen molar-refractivity contribution in [3.63, 3.8) is 0 Å². The number of hydrazone groups is 1. The molecule has 1 aliphatic heterocycles. The first kappa shape index (κ1) is 32.0. The summed E-state index contributed by atoms with van der Waals surface area (Å²) in [6.45, 7) is 0.0869. The van der Waals surface area contributed by atoms with Crippen LogP contribution in [0.1, 0.15) is 34.6 Å². The molecule has 2 N–H and O–H groups in total. The molecule has 1 aliphatic rings. The van der Waals surface area contributed by atoms with Gasteiger partial charge in [-0.1, -0.05) is 58.4 Å². The number of benzene rings is 4. The predicted molar refractivity (Wildman–Crippen MR) is 164 cm³/mol. The lowest BCUT2D eigenvalue weighted by molar-refractivity contribution is -0.137. The molecule has 0 amide bonds. The van der Waals surface area contributed by atoms with Crippen LogP contribution < -0.4 is 5.73 Å². The Kier molecular flexibility index (Phi) is 9.16.